The summed E-state index contributed by atoms with van der Waals surface area (Å²) < 4.78 is 0. The minimum Gasteiger partial charge on any atom is -0.394 e. The van der Waals surface area contributed by atoms with Crippen LogP contribution in [0, 0.1) is 0 Å². The van der Waals surface area contributed by atoms with Crippen molar-refractivity contribution in [1.29, 1.82) is 0 Å². The van der Waals surface area contributed by atoms with Crippen LogP contribution in [0.4, 0.5) is 0 Å². The van der Waals surface area contributed by atoms with Gasteiger partial charge >= 0.3 is 0 Å². The third kappa shape index (κ3) is 3.94. The first-order valence-electron chi connectivity index (χ1n) is 7.79. The van der Waals surface area contributed by atoms with Gasteiger partial charge in [-0.25, -0.2) is 0 Å². The normalized spacial score (nSPS) is 24.7. The van der Waals surface area contributed by atoms with Crippen molar-refractivity contribution in [3.8, 4) is 0 Å². The first kappa shape index (κ1) is 14.3. The largest absolute Gasteiger partial charge is 0.394 e. The number of hydrogen-bond donors (Lipinski definition) is 2. The Bertz CT molecular complexity index is 249. The molecule has 1 unspecified atom stereocenters. The molecule has 2 saturated carbocycles. The predicted octanol–water partition coefficient (Wildman–Crippen LogP) is 2.14. The first-order chi connectivity index (χ1) is 8.67. The molecule has 1 atom stereocenters. The van der Waals surface area contributed by atoms with Crippen molar-refractivity contribution in [1.82, 2.24) is 10.2 Å². The monoisotopic (exact) mass is 254 g/mol. The van der Waals surface area contributed by atoms with Crippen LogP contribution in [-0.4, -0.2) is 47.3 Å². The van der Waals surface area contributed by atoms with Gasteiger partial charge in [-0.05, 0) is 45.6 Å². The lowest BCUT2D eigenvalue weighted by Crippen LogP contribution is -2.49. The summed E-state index contributed by atoms with van der Waals surface area (Å²) in [5.41, 5.74) is -0.0762. The molecule has 3 heteroatoms. The maximum absolute atomic E-state index is 9.63. The second-order valence-corrected chi connectivity index (χ2v) is 6.45. The fourth-order valence-electron chi connectivity index (χ4n) is 3.18. The Labute approximate surface area is 112 Å². The highest BCUT2D eigenvalue weighted by Crippen LogP contribution is 2.26. The number of aliphatic hydroxyl groups is 1. The van der Waals surface area contributed by atoms with Gasteiger partial charge in [0.1, 0.15) is 0 Å². The lowest BCUT2D eigenvalue weighted by Gasteiger charge is -2.34. The molecule has 0 saturated heterocycles. The topological polar surface area (TPSA) is 35.5 Å². The van der Waals surface area contributed by atoms with Gasteiger partial charge in [-0.1, -0.05) is 19.8 Å². The molecule has 0 aliphatic heterocycles. The quantitative estimate of drug-likeness (QED) is 0.696. The van der Waals surface area contributed by atoms with Crippen LogP contribution < -0.4 is 5.32 Å². The van der Waals surface area contributed by atoms with Gasteiger partial charge in [-0.2, -0.15) is 0 Å². The van der Waals surface area contributed by atoms with E-state index in [0.29, 0.717) is 6.04 Å². The van der Waals surface area contributed by atoms with E-state index in [0.717, 1.165) is 25.6 Å². The van der Waals surface area contributed by atoms with Crippen LogP contribution in [0.1, 0.15) is 58.8 Å². The van der Waals surface area contributed by atoms with Crippen LogP contribution in [0.2, 0.25) is 0 Å². The van der Waals surface area contributed by atoms with Gasteiger partial charge in [0.25, 0.3) is 0 Å². The van der Waals surface area contributed by atoms with E-state index >= 15 is 0 Å². The summed E-state index contributed by atoms with van der Waals surface area (Å²) in [6.45, 7) is 6.97. The van der Waals surface area contributed by atoms with Crippen molar-refractivity contribution >= 4 is 0 Å². The lowest BCUT2D eigenvalue weighted by molar-refractivity contribution is 0.130. The molecule has 2 fully saturated rings. The molecule has 2 rings (SSSR count). The minimum absolute atomic E-state index is 0.0762. The highest BCUT2D eigenvalue weighted by molar-refractivity contribution is 4.93. The van der Waals surface area contributed by atoms with Gasteiger partial charge in [-0.3, -0.25) is 0 Å². The highest BCUT2D eigenvalue weighted by Gasteiger charge is 2.32. The summed E-state index contributed by atoms with van der Waals surface area (Å²) in [6.07, 6.45) is 9.19. The van der Waals surface area contributed by atoms with Gasteiger partial charge in [-0.15, -0.1) is 0 Å². The molecule has 3 nitrogen and oxygen atoms in total. The Morgan fingerprint density at radius 1 is 1.22 bits per heavy atom. The minimum atomic E-state index is -0.0762. The molecular weight excluding hydrogens is 224 g/mol. The molecule has 2 aliphatic carbocycles. The molecule has 0 radical (unpaired) electrons. The van der Waals surface area contributed by atoms with E-state index in [1.54, 1.807) is 0 Å². The Morgan fingerprint density at radius 3 is 2.39 bits per heavy atom. The number of rotatable bonds is 8. The van der Waals surface area contributed by atoms with E-state index in [9.17, 15) is 5.11 Å². The summed E-state index contributed by atoms with van der Waals surface area (Å²) in [5, 5.41) is 13.2. The molecule has 0 amide bonds. The average Bonchev–Trinajstić information content (AvgIpc) is 3.01. The number of aliphatic hydroxyl groups excluding tert-OH is 1. The Morgan fingerprint density at radius 2 is 1.89 bits per heavy atom. The van der Waals surface area contributed by atoms with E-state index in [2.05, 4.69) is 24.1 Å². The van der Waals surface area contributed by atoms with Crippen molar-refractivity contribution in [2.24, 2.45) is 0 Å². The SMILES string of the molecule is CCN(CCC(C)(CO)NC1CC1)C1CCCC1. The number of nitrogens with zero attached hydrogens (tertiary/aromatic N) is 1. The maximum atomic E-state index is 9.63. The Hall–Kier alpha value is -0.120. The Kier molecular flexibility index (Phi) is 5.05. The van der Waals surface area contributed by atoms with E-state index in [1.165, 1.54) is 38.5 Å². The molecular formula is C15H30N2O. The number of hydrogen-bond acceptors (Lipinski definition) is 3. The second kappa shape index (κ2) is 6.36. The molecule has 106 valence electrons. The van der Waals surface area contributed by atoms with Crippen molar-refractivity contribution in [3.63, 3.8) is 0 Å². The molecule has 0 heterocycles. The van der Waals surface area contributed by atoms with Crippen LogP contribution in [0.5, 0.6) is 0 Å². The fraction of sp³-hybridized carbons (Fsp3) is 1.00. The average molecular weight is 254 g/mol. The summed E-state index contributed by atoms with van der Waals surface area (Å²) >= 11 is 0. The van der Waals surface area contributed by atoms with E-state index in [4.69, 9.17) is 0 Å². The van der Waals surface area contributed by atoms with Gasteiger partial charge in [0.15, 0.2) is 0 Å². The first-order valence-corrected chi connectivity index (χ1v) is 7.79. The van der Waals surface area contributed by atoms with Gasteiger partial charge in [0, 0.05) is 24.2 Å². The molecule has 18 heavy (non-hydrogen) atoms. The number of nitrogens with one attached hydrogen (secondary N) is 1. The van der Waals surface area contributed by atoms with Crippen molar-refractivity contribution in [2.45, 2.75) is 76.4 Å². The molecule has 0 aromatic heterocycles. The summed E-state index contributed by atoms with van der Waals surface area (Å²) in [4.78, 5) is 2.62. The van der Waals surface area contributed by atoms with Gasteiger partial charge in [0.2, 0.25) is 0 Å². The van der Waals surface area contributed by atoms with Crippen LogP contribution in [0.3, 0.4) is 0 Å². The fourth-order valence-corrected chi connectivity index (χ4v) is 3.18. The van der Waals surface area contributed by atoms with Crippen LogP contribution in [0.25, 0.3) is 0 Å². The lowest BCUT2D eigenvalue weighted by atomic mass is 9.97. The zero-order valence-corrected chi connectivity index (χ0v) is 12.1. The van der Waals surface area contributed by atoms with Gasteiger partial charge in [0.05, 0.1) is 6.61 Å². The molecule has 2 aliphatic rings. The van der Waals surface area contributed by atoms with Crippen molar-refractivity contribution in [2.75, 3.05) is 19.7 Å². The van der Waals surface area contributed by atoms with E-state index in [-0.39, 0.29) is 12.1 Å². The van der Waals surface area contributed by atoms with E-state index in [1.807, 2.05) is 0 Å². The molecule has 0 bridgehead atoms. The second-order valence-electron chi connectivity index (χ2n) is 6.45. The third-order valence-corrected chi connectivity index (χ3v) is 4.68. The van der Waals surface area contributed by atoms with Crippen LogP contribution in [0.15, 0.2) is 0 Å². The smallest absolute Gasteiger partial charge is 0.0611 e. The van der Waals surface area contributed by atoms with E-state index < -0.39 is 0 Å². The zero-order valence-electron chi connectivity index (χ0n) is 12.1. The molecule has 0 aromatic rings. The molecule has 2 N–H and O–H groups in total. The summed E-state index contributed by atoms with van der Waals surface area (Å²) in [5.74, 6) is 0. The standard InChI is InChI=1S/C15H30N2O/c1-3-17(14-6-4-5-7-14)11-10-15(2,12-18)16-13-8-9-13/h13-14,16,18H,3-12H2,1-2H3. The maximum Gasteiger partial charge on any atom is 0.0611 e. The summed E-state index contributed by atoms with van der Waals surface area (Å²) in [7, 11) is 0. The van der Waals surface area contributed by atoms with Crippen molar-refractivity contribution in [3.05, 3.63) is 0 Å². The highest BCUT2D eigenvalue weighted by atomic mass is 16.3. The third-order valence-electron chi connectivity index (χ3n) is 4.68. The van der Waals surface area contributed by atoms with Gasteiger partial charge < -0.3 is 15.3 Å². The summed E-state index contributed by atoms with van der Waals surface area (Å²) in [6, 6.07) is 1.47. The van der Waals surface area contributed by atoms with Crippen molar-refractivity contribution < 1.29 is 5.11 Å². The Balaban J connectivity index is 1.78. The zero-order chi connectivity index (χ0) is 13.0. The molecule has 0 aromatic carbocycles. The predicted molar refractivity (Wildman–Crippen MR) is 75.8 cm³/mol. The molecule has 0 spiro atoms. The van der Waals surface area contributed by atoms with Crippen LogP contribution in [-0.2, 0) is 0 Å². The van der Waals surface area contributed by atoms with Crippen LogP contribution >= 0.6 is 0 Å².